The molecule has 1 aromatic heterocycles. The van der Waals surface area contributed by atoms with E-state index in [9.17, 15) is 22.9 Å². The number of nitrogens with zero attached hydrogens (tertiary/aromatic N) is 3. The summed E-state index contributed by atoms with van der Waals surface area (Å²) in [5.41, 5.74) is -0.179. The standard InChI is InChI=1S/C10H7ClFN3O4S/c11-20(18,19)10-5-14(6-13-10)4-7-3-8(12)1-2-9(7)15(16)17/h1-3,5-6H,4H2. The van der Waals surface area contributed by atoms with E-state index in [1.54, 1.807) is 0 Å². The molecule has 0 aliphatic heterocycles. The second kappa shape index (κ2) is 5.17. The van der Waals surface area contributed by atoms with Crippen LogP contribution in [0, 0.1) is 15.9 Å². The van der Waals surface area contributed by atoms with Crippen molar-refractivity contribution in [3.05, 3.63) is 52.2 Å². The predicted octanol–water partition coefficient (Wildman–Crippen LogP) is 1.91. The minimum Gasteiger partial charge on any atom is -0.331 e. The molecule has 1 heterocycles. The number of nitro groups is 1. The quantitative estimate of drug-likeness (QED) is 0.487. The molecule has 0 fully saturated rings. The van der Waals surface area contributed by atoms with Crippen LogP contribution >= 0.6 is 10.7 Å². The van der Waals surface area contributed by atoms with Crippen LogP contribution in [0.25, 0.3) is 0 Å². The summed E-state index contributed by atoms with van der Waals surface area (Å²) in [5, 5.41) is 10.5. The number of rotatable bonds is 4. The molecule has 10 heteroatoms. The van der Waals surface area contributed by atoms with Crippen LogP contribution in [0.4, 0.5) is 10.1 Å². The number of nitro benzene ring substituents is 1. The minimum absolute atomic E-state index is 0.0888. The van der Waals surface area contributed by atoms with E-state index in [0.717, 1.165) is 30.7 Å². The molecule has 0 amide bonds. The SMILES string of the molecule is O=[N+]([O-])c1ccc(F)cc1Cn1cnc(S(=O)(=O)Cl)c1. The zero-order chi connectivity index (χ0) is 14.9. The highest BCUT2D eigenvalue weighted by atomic mass is 35.7. The molecule has 0 unspecified atom stereocenters. The van der Waals surface area contributed by atoms with E-state index in [1.165, 1.54) is 4.57 Å². The summed E-state index contributed by atoms with van der Waals surface area (Å²) in [5.74, 6) is -0.629. The van der Waals surface area contributed by atoms with Gasteiger partial charge in [0, 0.05) is 22.9 Å². The third-order valence-electron chi connectivity index (χ3n) is 2.45. The lowest BCUT2D eigenvalue weighted by Crippen LogP contribution is -2.02. The van der Waals surface area contributed by atoms with Gasteiger partial charge in [-0.25, -0.2) is 17.8 Å². The Labute approximate surface area is 117 Å². The lowest BCUT2D eigenvalue weighted by Gasteiger charge is -2.03. The third kappa shape index (κ3) is 3.11. The molecule has 0 atom stereocenters. The van der Waals surface area contributed by atoms with Gasteiger partial charge in [0.05, 0.1) is 23.4 Å². The zero-order valence-electron chi connectivity index (χ0n) is 9.73. The van der Waals surface area contributed by atoms with Gasteiger partial charge in [-0.15, -0.1) is 0 Å². The van der Waals surface area contributed by atoms with Crippen LogP contribution < -0.4 is 0 Å². The van der Waals surface area contributed by atoms with Crippen molar-refractivity contribution < 1.29 is 17.7 Å². The van der Waals surface area contributed by atoms with E-state index in [2.05, 4.69) is 4.98 Å². The fraction of sp³-hybridized carbons (Fsp3) is 0.100. The molecule has 0 radical (unpaired) electrons. The summed E-state index contributed by atoms with van der Waals surface area (Å²) in [4.78, 5) is 13.7. The Bertz CT molecular complexity index is 775. The molecular weight excluding hydrogens is 313 g/mol. The van der Waals surface area contributed by atoms with Gasteiger partial charge in [0.25, 0.3) is 14.7 Å². The van der Waals surface area contributed by atoms with E-state index in [0.29, 0.717) is 0 Å². The molecule has 0 spiro atoms. The molecule has 2 aromatic rings. The van der Waals surface area contributed by atoms with Crippen molar-refractivity contribution in [2.24, 2.45) is 0 Å². The average Bonchev–Trinajstić information content (AvgIpc) is 2.76. The summed E-state index contributed by atoms with van der Waals surface area (Å²) < 4.78 is 36.5. The van der Waals surface area contributed by atoms with Gasteiger partial charge in [0.1, 0.15) is 5.82 Å². The number of aromatic nitrogens is 2. The van der Waals surface area contributed by atoms with Gasteiger partial charge in [0.15, 0.2) is 5.03 Å². The van der Waals surface area contributed by atoms with Crippen molar-refractivity contribution in [1.29, 1.82) is 0 Å². The highest BCUT2D eigenvalue weighted by molar-refractivity contribution is 8.13. The van der Waals surface area contributed by atoms with Crippen LogP contribution in [0.5, 0.6) is 0 Å². The molecule has 0 aliphatic rings. The van der Waals surface area contributed by atoms with Gasteiger partial charge < -0.3 is 4.57 Å². The first-order valence-electron chi connectivity index (χ1n) is 5.16. The molecule has 20 heavy (non-hydrogen) atoms. The normalized spacial score (nSPS) is 11.5. The van der Waals surface area contributed by atoms with E-state index in [1.807, 2.05) is 0 Å². The maximum Gasteiger partial charge on any atom is 0.280 e. The van der Waals surface area contributed by atoms with Gasteiger partial charge in [-0.3, -0.25) is 10.1 Å². The van der Waals surface area contributed by atoms with Crippen LogP contribution in [0.15, 0.2) is 35.7 Å². The van der Waals surface area contributed by atoms with Gasteiger partial charge in [-0.1, -0.05) is 0 Å². The number of hydrogen-bond acceptors (Lipinski definition) is 5. The van der Waals surface area contributed by atoms with Crippen LogP contribution in [0.2, 0.25) is 0 Å². The highest BCUT2D eigenvalue weighted by Gasteiger charge is 2.17. The van der Waals surface area contributed by atoms with Crippen molar-refractivity contribution in [3.8, 4) is 0 Å². The summed E-state index contributed by atoms with van der Waals surface area (Å²) >= 11 is 0. The lowest BCUT2D eigenvalue weighted by atomic mass is 10.1. The summed E-state index contributed by atoms with van der Waals surface area (Å²) in [6, 6.07) is 3.03. The number of hydrogen-bond donors (Lipinski definition) is 0. The average molecular weight is 320 g/mol. The summed E-state index contributed by atoms with van der Waals surface area (Å²) in [6.45, 7) is -0.104. The Hall–Kier alpha value is -2.00. The first-order chi connectivity index (χ1) is 9.27. The van der Waals surface area contributed by atoms with Gasteiger partial charge >= 0.3 is 0 Å². The molecule has 0 bridgehead atoms. The van der Waals surface area contributed by atoms with Crippen molar-refractivity contribution in [1.82, 2.24) is 9.55 Å². The highest BCUT2D eigenvalue weighted by Crippen LogP contribution is 2.21. The Kier molecular flexibility index (Phi) is 3.73. The van der Waals surface area contributed by atoms with E-state index in [-0.39, 0.29) is 22.8 Å². The number of halogens is 2. The Morgan fingerprint density at radius 1 is 1.45 bits per heavy atom. The monoisotopic (exact) mass is 319 g/mol. The maximum absolute atomic E-state index is 13.1. The van der Waals surface area contributed by atoms with Crippen molar-refractivity contribution in [2.75, 3.05) is 0 Å². The van der Waals surface area contributed by atoms with Crippen molar-refractivity contribution in [3.63, 3.8) is 0 Å². The minimum atomic E-state index is -3.98. The van der Waals surface area contributed by atoms with Crippen LogP contribution in [-0.4, -0.2) is 22.9 Å². The fourth-order valence-corrected chi connectivity index (χ4v) is 2.28. The van der Waals surface area contributed by atoms with Gasteiger partial charge in [-0.05, 0) is 12.1 Å². The maximum atomic E-state index is 13.1. The summed E-state index contributed by atoms with van der Waals surface area (Å²) in [7, 11) is 1.13. The van der Waals surface area contributed by atoms with Crippen LogP contribution in [-0.2, 0) is 15.6 Å². The lowest BCUT2D eigenvalue weighted by molar-refractivity contribution is -0.385. The molecule has 0 N–H and O–H groups in total. The Morgan fingerprint density at radius 2 is 2.15 bits per heavy atom. The molecule has 0 saturated heterocycles. The van der Waals surface area contributed by atoms with E-state index >= 15 is 0 Å². The Morgan fingerprint density at radius 3 is 2.70 bits per heavy atom. The second-order valence-electron chi connectivity index (χ2n) is 3.85. The molecular formula is C10H7ClFN3O4S. The molecule has 0 saturated carbocycles. The Balaban J connectivity index is 2.37. The van der Waals surface area contributed by atoms with Crippen molar-refractivity contribution in [2.45, 2.75) is 11.6 Å². The van der Waals surface area contributed by atoms with Crippen LogP contribution in [0.1, 0.15) is 5.56 Å². The van der Waals surface area contributed by atoms with E-state index < -0.39 is 19.8 Å². The van der Waals surface area contributed by atoms with Crippen molar-refractivity contribution >= 4 is 25.4 Å². The smallest absolute Gasteiger partial charge is 0.280 e. The second-order valence-corrected chi connectivity index (χ2v) is 6.37. The first kappa shape index (κ1) is 14.4. The van der Waals surface area contributed by atoms with Gasteiger partial charge in [-0.2, -0.15) is 0 Å². The third-order valence-corrected chi connectivity index (χ3v) is 3.64. The molecule has 7 nitrogen and oxygen atoms in total. The van der Waals surface area contributed by atoms with E-state index in [4.69, 9.17) is 10.7 Å². The molecule has 0 aliphatic carbocycles. The number of benzene rings is 1. The molecule has 1 aromatic carbocycles. The molecule has 2 rings (SSSR count). The topological polar surface area (TPSA) is 95.1 Å². The first-order valence-corrected chi connectivity index (χ1v) is 7.47. The zero-order valence-corrected chi connectivity index (χ0v) is 11.3. The number of imidazole rings is 1. The molecule has 106 valence electrons. The fourth-order valence-electron chi connectivity index (χ4n) is 1.61. The largest absolute Gasteiger partial charge is 0.331 e. The predicted molar refractivity (Wildman–Crippen MR) is 67.4 cm³/mol. The summed E-state index contributed by atoms with van der Waals surface area (Å²) in [6.07, 6.45) is 2.25. The van der Waals surface area contributed by atoms with Gasteiger partial charge in [0.2, 0.25) is 0 Å². The van der Waals surface area contributed by atoms with Crippen LogP contribution in [0.3, 0.4) is 0 Å².